The Kier molecular flexibility index (Phi) is 10.0. The van der Waals surface area contributed by atoms with Crippen LogP contribution in [0.4, 0.5) is 0 Å². The van der Waals surface area contributed by atoms with Crippen molar-refractivity contribution in [3.63, 3.8) is 0 Å². The summed E-state index contributed by atoms with van der Waals surface area (Å²) < 4.78 is 16.3. The molecule has 4 N–H and O–H groups in total. The number of rotatable bonds is 12. The molecule has 0 saturated carbocycles. The van der Waals surface area contributed by atoms with E-state index in [1.807, 2.05) is 37.3 Å². The van der Waals surface area contributed by atoms with Gasteiger partial charge in [0, 0.05) is 20.1 Å². The number of hydrogen-bond donors (Lipinski definition) is 3. The van der Waals surface area contributed by atoms with Crippen LogP contribution in [0.1, 0.15) is 24.5 Å². The first-order chi connectivity index (χ1) is 15.0. The highest BCUT2D eigenvalue weighted by Crippen LogP contribution is 2.28. The number of methoxy groups -OCH3 is 1. The van der Waals surface area contributed by atoms with Gasteiger partial charge in [-0.05, 0) is 55.2 Å². The van der Waals surface area contributed by atoms with Crippen LogP contribution in [0.2, 0.25) is 0 Å². The van der Waals surface area contributed by atoms with E-state index in [2.05, 4.69) is 21.7 Å². The Labute approximate surface area is 183 Å². The highest BCUT2D eigenvalue weighted by molar-refractivity contribution is 5.79. The topological polar surface area (TPSA) is 107 Å². The van der Waals surface area contributed by atoms with E-state index in [9.17, 15) is 4.79 Å². The van der Waals surface area contributed by atoms with Gasteiger partial charge in [0.15, 0.2) is 24.1 Å². The van der Waals surface area contributed by atoms with Gasteiger partial charge in [-0.25, -0.2) is 0 Å². The van der Waals surface area contributed by atoms with Gasteiger partial charge >= 0.3 is 0 Å². The molecule has 8 nitrogen and oxygen atoms in total. The summed E-state index contributed by atoms with van der Waals surface area (Å²) in [5, 5.41) is 6.59. The number of amides is 1. The molecular formula is C23H32N4O4. The van der Waals surface area contributed by atoms with Crippen LogP contribution < -0.4 is 30.6 Å². The highest BCUT2D eigenvalue weighted by atomic mass is 16.5. The predicted molar refractivity (Wildman–Crippen MR) is 122 cm³/mol. The van der Waals surface area contributed by atoms with E-state index < -0.39 is 5.91 Å². The molecule has 0 fully saturated rings. The molecule has 0 aliphatic carbocycles. The van der Waals surface area contributed by atoms with Gasteiger partial charge in [-0.2, -0.15) is 0 Å². The van der Waals surface area contributed by atoms with E-state index in [1.54, 1.807) is 20.2 Å². The molecule has 0 aliphatic heterocycles. The van der Waals surface area contributed by atoms with E-state index in [1.165, 1.54) is 5.56 Å². The first-order valence-corrected chi connectivity index (χ1v) is 10.3. The normalized spacial score (nSPS) is 11.0. The fourth-order valence-corrected chi connectivity index (χ4v) is 2.95. The Bertz CT molecular complexity index is 870. The van der Waals surface area contributed by atoms with Crippen molar-refractivity contribution in [1.29, 1.82) is 0 Å². The summed E-state index contributed by atoms with van der Waals surface area (Å²) in [5.41, 5.74) is 7.31. The fourth-order valence-electron chi connectivity index (χ4n) is 2.95. The number of guanidine groups is 1. The van der Waals surface area contributed by atoms with Crippen LogP contribution in [0.3, 0.4) is 0 Å². The van der Waals surface area contributed by atoms with Crippen molar-refractivity contribution in [3.05, 3.63) is 53.6 Å². The zero-order chi connectivity index (χ0) is 22.5. The molecule has 0 bridgehead atoms. The Balaban J connectivity index is 1.77. The van der Waals surface area contributed by atoms with E-state index in [0.717, 1.165) is 36.4 Å². The van der Waals surface area contributed by atoms with Gasteiger partial charge in [-0.15, -0.1) is 0 Å². The number of nitrogens with zero attached hydrogens (tertiary/aromatic N) is 1. The van der Waals surface area contributed by atoms with Gasteiger partial charge in [0.2, 0.25) is 0 Å². The lowest BCUT2D eigenvalue weighted by Gasteiger charge is -2.13. The molecule has 0 radical (unpaired) electrons. The van der Waals surface area contributed by atoms with Crippen molar-refractivity contribution < 1.29 is 19.0 Å². The maximum absolute atomic E-state index is 10.9. The third kappa shape index (κ3) is 8.46. The minimum absolute atomic E-state index is 0.139. The second kappa shape index (κ2) is 13.0. The van der Waals surface area contributed by atoms with Gasteiger partial charge in [0.1, 0.15) is 5.75 Å². The molecule has 31 heavy (non-hydrogen) atoms. The number of hydrogen-bond acceptors (Lipinski definition) is 5. The second-order valence-corrected chi connectivity index (χ2v) is 6.78. The van der Waals surface area contributed by atoms with Crippen LogP contribution in [0, 0.1) is 0 Å². The second-order valence-electron chi connectivity index (χ2n) is 6.78. The molecule has 0 spiro atoms. The molecule has 2 aromatic carbocycles. The first kappa shape index (κ1) is 23.9. The molecule has 0 saturated heterocycles. The van der Waals surface area contributed by atoms with E-state index in [4.69, 9.17) is 19.9 Å². The number of carbonyl (C=O) groups excluding carboxylic acids is 1. The Hall–Kier alpha value is -3.42. The standard InChI is InChI=1S/C23H32N4O4/c1-4-30-21-14-17(10-11-20(21)29-3)8-6-12-26-23(25-2)27-15-18-7-5-9-19(13-18)31-16-22(24)28/h5,7,9-11,13-14H,4,6,8,12,15-16H2,1-3H3,(H2,24,28)(H2,25,26,27). The summed E-state index contributed by atoms with van der Waals surface area (Å²) >= 11 is 0. The van der Waals surface area contributed by atoms with Crippen LogP contribution in [-0.2, 0) is 17.8 Å². The smallest absolute Gasteiger partial charge is 0.255 e. The summed E-state index contributed by atoms with van der Waals surface area (Å²) in [6.45, 7) is 3.77. The lowest BCUT2D eigenvalue weighted by Crippen LogP contribution is -2.37. The minimum Gasteiger partial charge on any atom is -0.493 e. The molecule has 0 heterocycles. The minimum atomic E-state index is -0.503. The molecule has 0 unspecified atom stereocenters. The zero-order valence-corrected chi connectivity index (χ0v) is 18.4. The third-order valence-corrected chi connectivity index (χ3v) is 4.43. The van der Waals surface area contributed by atoms with Crippen LogP contribution in [0.15, 0.2) is 47.5 Å². The van der Waals surface area contributed by atoms with Crippen LogP contribution in [-0.4, -0.2) is 45.8 Å². The van der Waals surface area contributed by atoms with Crippen LogP contribution in [0.25, 0.3) is 0 Å². The lowest BCUT2D eigenvalue weighted by molar-refractivity contribution is -0.119. The first-order valence-electron chi connectivity index (χ1n) is 10.3. The molecule has 2 aromatic rings. The van der Waals surface area contributed by atoms with Crippen molar-refractivity contribution >= 4 is 11.9 Å². The van der Waals surface area contributed by atoms with Gasteiger partial charge in [0.05, 0.1) is 13.7 Å². The maximum atomic E-state index is 10.9. The number of aryl methyl sites for hydroxylation is 1. The number of aliphatic imine (C=N–C) groups is 1. The number of carbonyl (C=O) groups is 1. The molecule has 0 atom stereocenters. The Morgan fingerprint density at radius 3 is 2.61 bits per heavy atom. The largest absolute Gasteiger partial charge is 0.493 e. The van der Waals surface area contributed by atoms with Crippen molar-refractivity contribution in [3.8, 4) is 17.2 Å². The molecular weight excluding hydrogens is 396 g/mol. The summed E-state index contributed by atoms with van der Waals surface area (Å²) in [4.78, 5) is 15.1. The van der Waals surface area contributed by atoms with E-state index in [0.29, 0.717) is 24.9 Å². The zero-order valence-electron chi connectivity index (χ0n) is 18.4. The van der Waals surface area contributed by atoms with Gasteiger partial charge < -0.3 is 30.6 Å². The monoisotopic (exact) mass is 428 g/mol. The molecule has 2 rings (SSSR count). The quantitative estimate of drug-likeness (QED) is 0.272. The summed E-state index contributed by atoms with van der Waals surface area (Å²) in [6.07, 6.45) is 1.85. The molecule has 168 valence electrons. The molecule has 0 aromatic heterocycles. The number of nitrogens with two attached hydrogens (primary N) is 1. The Morgan fingerprint density at radius 2 is 1.90 bits per heavy atom. The maximum Gasteiger partial charge on any atom is 0.255 e. The average molecular weight is 429 g/mol. The van der Waals surface area contributed by atoms with Crippen molar-refractivity contribution in [2.45, 2.75) is 26.3 Å². The summed E-state index contributed by atoms with van der Waals surface area (Å²) in [7, 11) is 3.38. The van der Waals surface area contributed by atoms with Crippen molar-refractivity contribution in [2.24, 2.45) is 10.7 Å². The summed E-state index contributed by atoms with van der Waals surface area (Å²) in [6, 6.07) is 13.5. The van der Waals surface area contributed by atoms with Crippen molar-refractivity contribution in [1.82, 2.24) is 10.6 Å². The van der Waals surface area contributed by atoms with Crippen LogP contribution >= 0.6 is 0 Å². The van der Waals surface area contributed by atoms with Gasteiger partial charge in [0.25, 0.3) is 5.91 Å². The number of benzene rings is 2. The molecule has 8 heteroatoms. The van der Waals surface area contributed by atoms with Crippen molar-refractivity contribution in [2.75, 3.05) is 33.9 Å². The Morgan fingerprint density at radius 1 is 1.06 bits per heavy atom. The van der Waals surface area contributed by atoms with E-state index in [-0.39, 0.29) is 6.61 Å². The van der Waals surface area contributed by atoms with E-state index >= 15 is 0 Å². The van der Waals surface area contributed by atoms with Gasteiger partial charge in [-0.3, -0.25) is 9.79 Å². The SMILES string of the molecule is CCOc1cc(CCCNC(=NC)NCc2cccc(OCC(N)=O)c2)ccc1OC. The lowest BCUT2D eigenvalue weighted by atomic mass is 10.1. The highest BCUT2D eigenvalue weighted by Gasteiger charge is 2.06. The van der Waals surface area contributed by atoms with Crippen LogP contribution in [0.5, 0.6) is 17.2 Å². The predicted octanol–water partition coefficient (Wildman–Crippen LogP) is 2.26. The third-order valence-electron chi connectivity index (χ3n) is 4.43. The molecule has 1 amide bonds. The number of ether oxygens (including phenoxy) is 3. The fraction of sp³-hybridized carbons (Fsp3) is 0.391. The molecule has 0 aliphatic rings. The number of primary amides is 1. The number of nitrogens with one attached hydrogen (secondary N) is 2. The summed E-state index contributed by atoms with van der Waals surface area (Å²) in [5.74, 6) is 2.34. The van der Waals surface area contributed by atoms with Gasteiger partial charge in [-0.1, -0.05) is 18.2 Å². The average Bonchev–Trinajstić information content (AvgIpc) is 2.78.